The lowest BCUT2D eigenvalue weighted by Gasteiger charge is -2.38. The number of aliphatic hydroxyl groups excluding tert-OH is 8. The number of amides is 6. The Balaban J connectivity index is 0.773. The second kappa shape index (κ2) is 37.0. The van der Waals surface area contributed by atoms with E-state index in [0.717, 1.165) is 9.80 Å². The summed E-state index contributed by atoms with van der Waals surface area (Å²) in [5, 5.41) is 113. The summed E-state index contributed by atoms with van der Waals surface area (Å²) in [6.07, 6.45) is -21.6. The molecule has 0 aliphatic carbocycles. The number of nitrogens with zero attached hydrogens (tertiary/aromatic N) is 4. The lowest BCUT2D eigenvalue weighted by Crippen LogP contribution is -2.61. The van der Waals surface area contributed by atoms with Gasteiger partial charge in [0.2, 0.25) is 12.6 Å². The molecule has 6 amide bonds. The van der Waals surface area contributed by atoms with Crippen LogP contribution in [-0.4, -0.2) is 262 Å². The van der Waals surface area contributed by atoms with Crippen LogP contribution in [0.3, 0.4) is 0 Å². The van der Waals surface area contributed by atoms with E-state index in [0.29, 0.717) is 53.0 Å². The molecule has 6 aromatic rings. The number of carboxylic acids is 2. The van der Waals surface area contributed by atoms with Gasteiger partial charge in [-0.15, -0.1) is 0 Å². The number of unbranched alkanes of at least 4 members (excludes halogenated alkanes) is 2. The van der Waals surface area contributed by atoms with Gasteiger partial charge in [-0.05, 0) is 147 Å². The van der Waals surface area contributed by atoms with Crippen molar-refractivity contribution >= 4 is 70.3 Å². The van der Waals surface area contributed by atoms with Crippen molar-refractivity contribution in [1.29, 1.82) is 0 Å². The molecule has 0 aromatic heterocycles. The van der Waals surface area contributed by atoms with Crippen LogP contribution < -0.4 is 58.3 Å². The first kappa shape index (κ1) is 86.5. The van der Waals surface area contributed by atoms with Crippen molar-refractivity contribution in [3.8, 4) is 46.0 Å². The van der Waals surface area contributed by atoms with Crippen LogP contribution in [0.2, 0.25) is 0 Å². The minimum atomic E-state index is -2.04. The monoisotopic (exact) mass is 1660 g/mol. The maximum atomic E-state index is 15.0. The molecule has 6 aliphatic rings. The van der Waals surface area contributed by atoms with Crippen LogP contribution >= 0.6 is 0 Å². The molecule has 636 valence electrons. The third-order valence-corrected chi connectivity index (χ3v) is 20.5. The number of rotatable bonds is 29. The first-order valence-corrected chi connectivity index (χ1v) is 37.7. The van der Waals surface area contributed by atoms with E-state index in [1.807, 2.05) is 0 Å². The quantitative estimate of drug-likeness (QED) is 0.0292. The highest BCUT2D eigenvalue weighted by molar-refractivity contribution is 6.09. The predicted molar refractivity (Wildman–Crippen MR) is 413 cm³/mol. The summed E-state index contributed by atoms with van der Waals surface area (Å²) in [5.74, 6) is -5.38. The lowest BCUT2D eigenvalue weighted by molar-refractivity contribution is -0.271. The number of ether oxygens (including phenoxy) is 13. The zero-order valence-corrected chi connectivity index (χ0v) is 65.7. The van der Waals surface area contributed by atoms with E-state index in [-0.39, 0.29) is 118 Å². The van der Waals surface area contributed by atoms with Crippen LogP contribution in [0, 0.1) is 0 Å². The largest absolute Gasteiger partial charge is 0.497 e. The fourth-order valence-corrected chi connectivity index (χ4v) is 14.3. The van der Waals surface area contributed by atoms with Crippen molar-refractivity contribution in [2.45, 2.75) is 158 Å². The van der Waals surface area contributed by atoms with Crippen LogP contribution in [0.5, 0.6) is 46.0 Å². The van der Waals surface area contributed by atoms with Gasteiger partial charge in [0, 0.05) is 43.7 Å². The molecule has 6 heterocycles. The first-order chi connectivity index (χ1) is 56.8. The normalized spacial score (nSPS) is 23.8. The summed E-state index contributed by atoms with van der Waals surface area (Å²) in [6.45, 7) is 3.94. The topological polar surface area (TPSA) is 496 Å². The smallest absolute Gasteiger partial charge is 0.416 e. The molecule has 2 unspecified atom stereocenters. The minimum absolute atomic E-state index is 0.00415. The Hall–Kier alpha value is -11.9. The predicted octanol–water partition coefficient (Wildman–Crippen LogP) is 4.26. The maximum Gasteiger partial charge on any atom is 0.416 e. The van der Waals surface area contributed by atoms with Gasteiger partial charge in [-0.2, -0.15) is 0 Å². The van der Waals surface area contributed by atoms with Gasteiger partial charge in [-0.3, -0.25) is 19.2 Å². The number of methoxy groups -OCH3 is 5. The SMILES string of the molecule is COCCNC(=O)c1cc(COC(=O)N2c3cc(OCCCCCOc4cc5c(cc4OC)C(=O)N4C=C(c6ccc(OC)cc6)C[C@H]4C(O)N5C(=O)OCc4ccc(O[C@@H]5O[C@H](C(=O)O)[C@@H](O)[C@H](O)[C@H]5O)c(C(=O)NC(C)(C)C)c4)c(OC)cc3C(=O)N3C=C(c4ccc(OC)cc4)C[C@H]3C2O)ccc1O[C@@H]1O[C@H](C(=O)O)[C@@H](O)[C@H](O)[C@H]1O. The molecule has 37 heteroatoms. The number of benzene rings is 6. The zero-order chi connectivity index (χ0) is 85.6. The van der Waals surface area contributed by atoms with Crippen molar-refractivity contribution in [2.24, 2.45) is 0 Å². The Bertz CT molecular complexity index is 4840. The van der Waals surface area contributed by atoms with Gasteiger partial charge in [0.1, 0.15) is 72.8 Å². The Morgan fingerprint density at radius 2 is 0.882 bits per heavy atom. The number of nitrogens with one attached hydrogen (secondary N) is 2. The molecule has 119 heavy (non-hydrogen) atoms. The second-order valence-electron chi connectivity index (χ2n) is 29.5. The summed E-state index contributed by atoms with van der Waals surface area (Å²) in [7, 11) is 7.11. The standard InChI is InChI=1S/C82H92N6O31/c1-82(2,3)84-71(96)51-29-41(13-23-57(51)117-79-67(94)63(90)65(92)69(119-79)77(103)104)39-115-81(106)88-53-35-61(59(111-8)33-49(53)73(98)86-37-45(31-55(86)75(88)100)43-16-20-47(109-6)21-17-43)113-26-11-9-10-25-112-60-34-52-48(32-58(60)110-7)72(97)85-36-44(42-14-18-46(108-5)19-15-42)30-54(85)74(99)87(52)80(105)114-38-40-12-22-56(50(28-40)70(95)83-24-27-107-4)116-78-66(93)62(89)64(91)68(118-78)76(101)102/h12-23,28-29,32-37,54-55,62-69,74-75,78-79,89-94,99-100H,9-11,24-27,30-31,38-39H2,1-8H3,(H,83,95)(H,84,96)(H,101,102)(H,103,104)/t54-,55-,62-,63-,64-,65-,66+,67+,68-,69-,74?,75?,78+,79+/m0/s1. The molecular weight excluding hydrogens is 1560 g/mol. The Morgan fingerprint density at radius 1 is 0.471 bits per heavy atom. The first-order valence-electron chi connectivity index (χ1n) is 37.7. The molecule has 0 bridgehead atoms. The van der Waals surface area contributed by atoms with E-state index in [9.17, 15) is 89.4 Å². The third kappa shape index (κ3) is 18.7. The average molecular weight is 1660 g/mol. The molecule has 14 atom stereocenters. The van der Waals surface area contributed by atoms with Gasteiger partial charge in [-0.25, -0.2) is 29.0 Å². The summed E-state index contributed by atoms with van der Waals surface area (Å²) < 4.78 is 74.2. The highest BCUT2D eigenvalue weighted by Gasteiger charge is 2.52. The number of hydrogen-bond acceptors (Lipinski definition) is 29. The number of aliphatic carboxylic acids is 2. The van der Waals surface area contributed by atoms with E-state index in [2.05, 4.69) is 10.6 Å². The summed E-state index contributed by atoms with van der Waals surface area (Å²) in [5.41, 5.74) is 1.12. The van der Waals surface area contributed by atoms with Crippen LogP contribution in [0.15, 0.2) is 122 Å². The lowest BCUT2D eigenvalue weighted by atomic mass is 9.99. The highest BCUT2D eigenvalue weighted by atomic mass is 16.7. The summed E-state index contributed by atoms with van der Waals surface area (Å²) in [4.78, 5) is 116. The van der Waals surface area contributed by atoms with Gasteiger partial charge in [0.25, 0.3) is 23.6 Å². The van der Waals surface area contributed by atoms with Gasteiger partial charge < -0.3 is 133 Å². The molecule has 0 radical (unpaired) electrons. The van der Waals surface area contributed by atoms with Crippen molar-refractivity contribution < 1.29 is 151 Å². The molecule has 0 spiro atoms. The third-order valence-electron chi connectivity index (χ3n) is 20.5. The zero-order valence-electron chi connectivity index (χ0n) is 65.7. The van der Waals surface area contributed by atoms with Gasteiger partial charge in [0.15, 0.2) is 47.7 Å². The fraction of sp³-hybridized carbons (Fsp3) is 0.415. The average Bonchev–Trinajstić information content (AvgIpc) is 1.66. The van der Waals surface area contributed by atoms with Crippen molar-refractivity contribution in [3.63, 3.8) is 0 Å². The number of carbonyl (C=O) groups is 8. The van der Waals surface area contributed by atoms with Crippen LogP contribution in [-0.2, 0) is 46.5 Å². The van der Waals surface area contributed by atoms with Crippen LogP contribution in [0.25, 0.3) is 11.1 Å². The number of hydrogen-bond donors (Lipinski definition) is 12. The van der Waals surface area contributed by atoms with Gasteiger partial charge in [0.05, 0.1) is 94.0 Å². The van der Waals surface area contributed by atoms with E-state index in [1.54, 1.807) is 81.7 Å². The number of fused-ring (bicyclic) bond motifs is 4. The molecular formula is C82H92N6O31. The molecule has 2 saturated heterocycles. The molecule has 12 rings (SSSR count). The molecule has 12 N–H and O–H groups in total. The van der Waals surface area contributed by atoms with E-state index < -0.39 is 152 Å². The van der Waals surface area contributed by atoms with Crippen LogP contribution in [0.1, 0.15) is 117 Å². The number of carbonyl (C=O) groups excluding carboxylic acids is 6. The summed E-state index contributed by atoms with van der Waals surface area (Å²) >= 11 is 0. The second-order valence-corrected chi connectivity index (χ2v) is 29.5. The van der Waals surface area contributed by atoms with Gasteiger partial charge >= 0.3 is 24.1 Å². The Kier molecular flexibility index (Phi) is 26.9. The Morgan fingerprint density at radius 3 is 1.26 bits per heavy atom. The van der Waals surface area contributed by atoms with Crippen LogP contribution in [0.4, 0.5) is 21.0 Å². The van der Waals surface area contributed by atoms with E-state index in [4.69, 9.17) is 61.6 Å². The van der Waals surface area contributed by atoms with E-state index >= 15 is 0 Å². The fourth-order valence-electron chi connectivity index (χ4n) is 14.3. The molecule has 0 saturated carbocycles. The molecule has 37 nitrogen and oxygen atoms in total. The van der Waals surface area contributed by atoms with Crippen molar-refractivity contribution in [2.75, 3.05) is 71.7 Å². The highest BCUT2D eigenvalue weighted by Crippen LogP contribution is 2.47. The molecule has 6 aliphatic heterocycles. The summed E-state index contributed by atoms with van der Waals surface area (Å²) in [6, 6.07) is 25.0. The maximum absolute atomic E-state index is 15.0. The number of aliphatic hydroxyl groups is 8. The van der Waals surface area contributed by atoms with E-state index in [1.165, 1.54) is 106 Å². The molecule has 2 fully saturated rings. The van der Waals surface area contributed by atoms with Crippen molar-refractivity contribution in [1.82, 2.24) is 20.4 Å². The Labute approximate surface area is 680 Å². The number of carboxylic acid groups (broad SMARTS) is 2. The number of anilines is 2. The molecule has 6 aromatic carbocycles. The van der Waals surface area contributed by atoms with Crippen molar-refractivity contribution in [3.05, 3.63) is 166 Å². The van der Waals surface area contributed by atoms with Gasteiger partial charge in [-0.1, -0.05) is 36.4 Å². The minimum Gasteiger partial charge on any atom is -0.497 e.